The second-order valence-corrected chi connectivity index (χ2v) is 11.0. The van der Waals surface area contributed by atoms with E-state index in [1.54, 1.807) is 0 Å². The minimum atomic E-state index is -0.130. The number of hydrogen-bond acceptors (Lipinski definition) is 0. The summed E-state index contributed by atoms with van der Waals surface area (Å²) in [6.45, 7) is -0.249. The highest BCUT2D eigenvalue weighted by atomic mass is 19.1. The molecule has 0 bridgehead atoms. The summed E-state index contributed by atoms with van der Waals surface area (Å²) >= 11 is 0. The molecule has 0 N–H and O–H groups in total. The van der Waals surface area contributed by atoms with Crippen LogP contribution in [0.1, 0.15) is 122 Å². The van der Waals surface area contributed by atoms with Gasteiger partial charge in [0.1, 0.15) is 0 Å². The third kappa shape index (κ3) is 7.80. The molecule has 3 rings (SSSR count). The SMILES string of the molecule is FCCCCCCC1CCC(C2CCC(C3CCC(CCCF)CC3)CC2)CC1. The predicted octanol–water partition coefficient (Wildman–Crippen LogP) is 9.08. The van der Waals surface area contributed by atoms with Crippen molar-refractivity contribution in [1.82, 2.24) is 0 Å². The molecule has 0 amide bonds. The summed E-state index contributed by atoms with van der Waals surface area (Å²) in [5.74, 6) is 5.85. The molecule has 0 spiro atoms. The van der Waals surface area contributed by atoms with E-state index in [1.165, 1.54) is 96.3 Å². The van der Waals surface area contributed by atoms with Crippen molar-refractivity contribution in [1.29, 1.82) is 0 Å². The molecule has 0 aromatic carbocycles. The molecule has 0 heterocycles. The van der Waals surface area contributed by atoms with E-state index in [9.17, 15) is 8.78 Å². The Labute approximate surface area is 180 Å². The second kappa shape index (κ2) is 13.3. The second-order valence-electron chi connectivity index (χ2n) is 11.0. The first-order valence-electron chi connectivity index (χ1n) is 13.4. The number of halogens is 2. The normalized spacial score (nSPS) is 36.2. The molecular formula is C27H48F2. The Hall–Kier alpha value is -0.140. The smallest absolute Gasteiger partial charge is 0.0894 e. The highest BCUT2D eigenvalue weighted by Crippen LogP contribution is 2.46. The van der Waals surface area contributed by atoms with Gasteiger partial charge in [0.25, 0.3) is 0 Å². The summed E-state index contributed by atoms with van der Waals surface area (Å²) in [4.78, 5) is 0. The van der Waals surface area contributed by atoms with E-state index >= 15 is 0 Å². The standard InChI is InChI=1S/C27H48F2/c28-20-4-2-1-3-6-22-8-12-24(13-9-22)26-16-18-27(19-17-26)25-14-10-23(11-15-25)7-5-21-29/h22-27H,1-21H2. The summed E-state index contributed by atoms with van der Waals surface area (Å²) < 4.78 is 24.6. The van der Waals surface area contributed by atoms with E-state index < -0.39 is 0 Å². The minimum Gasteiger partial charge on any atom is -0.251 e. The van der Waals surface area contributed by atoms with Crippen molar-refractivity contribution in [3.05, 3.63) is 0 Å². The van der Waals surface area contributed by atoms with Crippen molar-refractivity contribution < 1.29 is 8.78 Å². The van der Waals surface area contributed by atoms with Gasteiger partial charge in [0.2, 0.25) is 0 Å². The predicted molar refractivity (Wildman–Crippen MR) is 121 cm³/mol. The highest BCUT2D eigenvalue weighted by molar-refractivity contribution is 4.86. The molecule has 0 aliphatic heterocycles. The summed E-state index contributed by atoms with van der Waals surface area (Å²) in [7, 11) is 0. The van der Waals surface area contributed by atoms with Crippen molar-refractivity contribution in [2.45, 2.75) is 122 Å². The fraction of sp³-hybridized carbons (Fsp3) is 1.00. The van der Waals surface area contributed by atoms with Gasteiger partial charge in [-0.05, 0) is 106 Å². The first kappa shape index (κ1) is 23.5. The van der Waals surface area contributed by atoms with Crippen LogP contribution >= 0.6 is 0 Å². The van der Waals surface area contributed by atoms with Gasteiger partial charge in [0.15, 0.2) is 0 Å². The fourth-order valence-corrected chi connectivity index (χ4v) is 7.23. The first-order valence-corrected chi connectivity index (χ1v) is 13.4. The van der Waals surface area contributed by atoms with Crippen LogP contribution in [0, 0.1) is 35.5 Å². The molecule has 0 aromatic heterocycles. The number of unbranched alkanes of at least 4 members (excludes halogenated alkanes) is 3. The van der Waals surface area contributed by atoms with Crippen LogP contribution in [-0.4, -0.2) is 13.3 Å². The molecule has 0 radical (unpaired) electrons. The van der Waals surface area contributed by atoms with Crippen LogP contribution < -0.4 is 0 Å². The molecule has 170 valence electrons. The van der Waals surface area contributed by atoms with E-state index in [1.807, 2.05) is 0 Å². The van der Waals surface area contributed by atoms with Crippen molar-refractivity contribution in [2.24, 2.45) is 35.5 Å². The van der Waals surface area contributed by atoms with Crippen molar-refractivity contribution in [3.63, 3.8) is 0 Å². The number of alkyl halides is 2. The minimum absolute atomic E-state index is 0.119. The third-order valence-corrected chi connectivity index (χ3v) is 9.17. The molecule has 3 aliphatic carbocycles. The molecule has 0 unspecified atom stereocenters. The third-order valence-electron chi connectivity index (χ3n) is 9.17. The Morgan fingerprint density at radius 1 is 0.379 bits per heavy atom. The van der Waals surface area contributed by atoms with Gasteiger partial charge in [-0.1, -0.05) is 51.4 Å². The number of rotatable bonds is 11. The summed E-state index contributed by atoms with van der Waals surface area (Å²) in [5.41, 5.74) is 0. The molecule has 0 nitrogen and oxygen atoms in total. The fourth-order valence-electron chi connectivity index (χ4n) is 7.23. The van der Waals surface area contributed by atoms with Crippen LogP contribution in [0.2, 0.25) is 0 Å². The Morgan fingerprint density at radius 3 is 1.14 bits per heavy atom. The van der Waals surface area contributed by atoms with Crippen LogP contribution in [0.25, 0.3) is 0 Å². The van der Waals surface area contributed by atoms with E-state index in [0.717, 1.165) is 61.2 Å². The van der Waals surface area contributed by atoms with E-state index in [-0.39, 0.29) is 13.3 Å². The Morgan fingerprint density at radius 2 is 0.724 bits per heavy atom. The van der Waals surface area contributed by atoms with Gasteiger partial charge in [-0.2, -0.15) is 0 Å². The van der Waals surface area contributed by atoms with Crippen LogP contribution in [0.5, 0.6) is 0 Å². The Bertz CT molecular complexity index is 399. The molecule has 29 heavy (non-hydrogen) atoms. The van der Waals surface area contributed by atoms with Gasteiger partial charge in [-0.3, -0.25) is 8.78 Å². The molecule has 0 atom stereocenters. The van der Waals surface area contributed by atoms with Crippen LogP contribution in [0.4, 0.5) is 8.78 Å². The maximum atomic E-state index is 12.4. The van der Waals surface area contributed by atoms with Gasteiger partial charge in [-0.15, -0.1) is 0 Å². The first-order chi connectivity index (χ1) is 14.3. The summed E-state index contributed by atoms with van der Waals surface area (Å²) in [5, 5.41) is 0. The van der Waals surface area contributed by atoms with Crippen LogP contribution in [0.15, 0.2) is 0 Å². The average Bonchev–Trinajstić information content (AvgIpc) is 2.78. The highest BCUT2D eigenvalue weighted by Gasteiger charge is 2.34. The maximum Gasteiger partial charge on any atom is 0.0894 e. The van der Waals surface area contributed by atoms with E-state index in [2.05, 4.69) is 0 Å². The Kier molecular flexibility index (Phi) is 10.8. The van der Waals surface area contributed by atoms with Crippen molar-refractivity contribution >= 4 is 0 Å². The zero-order chi connectivity index (χ0) is 20.3. The van der Waals surface area contributed by atoms with Gasteiger partial charge >= 0.3 is 0 Å². The van der Waals surface area contributed by atoms with Gasteiger partial charge in [0.05, 0.1) is 13.3 Å². The lowest BCUT2D eigenvalue weighted by Crippen LogP contribution is -2.29. The number of hydrogen-bond donors (Lipinski definition) is 0. The zero-order valence-corrected chi connectivity index (χ0v) is 19.1. The van der Waals surface area contributed by atoms with Gasteiger partial charge in [-0.25, -0.2) is 0 Å². The lowest BCUT2D eigenvalue weighted by Gasteiger charge is -2.41. The molecule has 0 aromatic rings. The summed E-state index contributed by atoms with van der Waals surface area (Å²) in [6, 6.07) is 0. The largest absolute Gasteiger partial charge is 0.251 e. The topological polar surface area (TPSA) is 0 Å². The molecule has 3 fully saturated rings. The van der Waals surface area contributed by atoms with Crippen LogP contribution in [-0.2, 0) is 0 Å². The van der Waals surface area contributed by atoms with E-state index in [0.29, 0.717) is 0 Å². The molecule has 2 heteroatoms. The lowest BCUT2D eigenvalue weighted by atomic mass is 9.64. The van der Waals surface area contributed by atoms with Crippen LogP contribution in [0.3, 0.4) is 0 Å². The average molecular weight is 411 g/mol. The Balaban J connectivity index is 1.27. The van der Waals surface area contributed by atoms with Gasteiger partial charge in [0, 0.05) is 0 Å². The molecule has 3 aliphatic rings. The molecular weight excluding hydrogens is 362 g/mol. The zero-order valence-electron chi connectivity index (χ0n) is 19.1. The lowest BCUT2D eigenvalue weighted by molar-refractivity contribution is 0.102. The van der Waals surface area contributed by atoms with E-state index in [4.69, 9.17) is 0 Å². The molecule has 0 saturated heterocycles. The maximum absolute atomic E-state index is 12.4. The quantitative estimate of drug-likeness (QED) is 0.298. The molecule has 3 saturated carbocycles. The summed E-state index contributed by atoms with van der Waals surface area (Å²) in [6.07, 6.45) is 25.3. The van der Waals surface area contributed by atoms with Crippen molar-refractivity contribution in [3.8, 4) is 0 Å². The monoisotopic (exact) mass is 410 g/mol. The van der Waals surface area contributed by atoms with Crippen molar-refractivity contribution in [2.75, 3.05) is 13.3 Å². The van der Waals surface area contributed by atoms with Gasteiger partial charge < -0.3 is 0 Å².